The minimum Gasteiger partial charge on any atom is -0.462 e. The van der Waals surface area contributed by atoms with Gasteiger partial charge in [0.25, 0.3) is 0 Å². The number of hydrogen-bond acceptors (Lipinski definition) is 6. The van der Waals surface area contributed by atoms with Gasteiger partial charge in [0.2, 0.25) is 0 Å². The molecule has 6 nitrogen and oxygen atoms in total. The van der Waals surface area contributed by atoms with Gasteiger partial charge in [-0.05, 0) is 89.9 Å². The molecule has 0 aliphatic rings. The number of rotatable bonds is 61. The van der Waals surface area contributed by atoms with Crippen LogP contribution in [0.15, 0.2) is 72.9 Å². The maximum atomic E-state index is 12.8. The zero-order chi connectivity index (χ0) is 55.7. The predicted octanol–water partition coefficient (Wildman–Crippen LogP) is 22.9. The average Bonchev–Trinajstić information content (AvgIpc) is 3.43. The Hall–Kier alpha value is -3.15. The summed E-state index contributed by atoms with van der Waals surface area (Å²) in [6.45, 7) is 6.45. The van der Waals surface area contributed by atoms with Gasteiger partial charge in [0, 0.05) is 19.3 Å². The number of carbonyl (C=O) groups is 3. The first kappa shape index (κ1) is 73.8. The average molecular weight is 1080 g/mol. The second-order valence-corrected chi connectivity index (χ2v) is 22.4. The van der Waals surface area contributed by atoms with Gasteiger partial charge in [-0.2, -0.15) is 0 Å². The topological polar surface area (TPSA) is 78.9 Å². The van der Waals surface area contributed by atoms with Crippen LogP contribution in [0.25, 0.3) is 0 Å². The Morgan fingerprint density at radius 2 is 0.506 bits per heavy atom. The molecule has 0 heterocycles. The first-order chi connectivity index (χ1) is 38.0. The molecule has 0 N–H and O–H groups in total. The Morgan fingerprint density at radius 3 is 0.818 bits per heavy atom. The van der Waals surface area contributed by atoms with Crippen LogP contribution in [0.4, 0.5) is 0 Å². The van der Waals surface area contributed by atoms with Crippen molar-refractivity contribution in [1.82, 2.24) is 0 Å². The monoisotopic (exact) mass is 1070 g/mol. The van der Waals surface area contributed by atoms with Crippen LogP contribution in [0.3, 0.4) is 0 Å². The Morgan fingerprint density at radius 1 is 0.273 bits per heavy atom. The lowest BCUT2D eigenvalue weighted by molar-refractivity contribution is -0.167. The van der Waals surface area contributed by atoms with Crippen LogP contribution in [0, 0.1) is 0 Å². The largest absolute Gasteiger partial charge is 0.462 e. The van der Waals surface area contributed by atoms with Crippen molar-refractivity contribution in [2.45, 2.75) is 348 Å². The van der Waals surface area contributed by atoms with Gasteiger partial charge in [0.1, 0.15) is 13.2 Å². The standard InChI is InChI=1S/C71H126O6/c1-4-7-10-13-15-17-19-21-23-25-27-28-29-30-31-32-33-34-35-36-37-38-39-40-41-42-44-45-47-49-51-53-55-58-61-64-70(73)76-67-68(66-75-69(72)63-60-57-12-9-6-3)77-71(74)65-62-59-56-54-52-50-48-46-43-26-24-22-20-18-16-14-11-8-5-2/h7,10,15-18,21-24,27-28,68H,4-6,8-9,11-14,19-20,25-26,29-67H2,1-3H3/b10-7-,17-15-,18-16-,23-21-,24-22-,28-27-. The molecule has 6 heteroatoms. The molecule has 0 aliphatic heterocycles. The molecule has 0 bridgehead atoms. The van der Waals surface area contributed by atoms with Crippen molar-refractivity contribution in [3.8, 4) is 0 Å². The predicted molar refractivity (Wildman–Crippen MR) is 335 cm³/mol. The van der Waals surface area contributed by atoms with Crippen LogP contribution in [0.2, 0.25) is 0 Å². The molecule has 446 valence electrons. The van der Waals surface area contributed by atoms with Gasteiger partial charge in [-0.3, -0.25) is 14.4 Å². The molecule has 0 saturated heterocycles. The van der Waals surface area contributed by atoms with Crippen molar-refractivity contribution in [2.75, 3.05) is 13.2 Å². The van der Waals surface area contributed by atoms with Crippen LogP contribution in [-0.4, -0.2) is 37.2 Å². The number of carbonyl (C=O) groups excluding carboxylic acids is 3. The Kier molecular flexibility index (Phi) is 62.7. The summed E-state index contributed by atoms with van der Waals surface area (Å²) in [5, 5.41) is 0. The Balaban J connectivity index is 3.90. The first-order valence-corrected chi connectivity index (χ1v) is 33.4. The van der Waals surface area contributed by atoms with Crippen molar-refractivity contribution in [1.29, 1.82) is 0 Å². The molecular formula is C71H126O6. The quantitative estimate of drug-likeness (QED) is 0.0261. The summed E-state index contributed by atoms with van der Waals surface area (Å²) in [4.78, 5) is 37.9. The van der Waals surface area contributed by atoms with Gasteiger partial charge in [-0.1, -0.05) is 306 Å². The Bertz CT molecular complexity index is 1420. The second-order valence-electron chi connectivity index (χ2n) is 22.4. The van der Waals surface area contributed by atoms with Gasteiger partial charge in [-0.25, -0.2) is 0 Å². The molecule has 0 aromatic rings. The van der Waals surface area contributed by atoms with Crippen LogP contribution in [-0.2, 0) is 28.6 Å². The van der Waals surface area contributed by atoms with Crippen molar-refractivity contribution < 1.29 is 28.6 Å². The molecule has 0 amide bonds. The maximum Gasteiger partial charge on any atom is 0.306 e. The zero-order valence-corrected chi connectivity index (χ0v) is 51.2. The van der Waals surface area contributed by atoms with Crippen molar-refractivity contribution in [3.63, 3.8) is 0 Å². The molecule has 0 aliphatic carbocycles. The minimum absolute atomic E-state index is 0.0724. The van der Waals surface area contributed by atoms with Gasteiger partial charge in [0.15, 0.2) is 6.10 Å². The van der Waals surface area contributed by atoms with E-state index in [4.69, 9.17) is 14.2 Å². The molecule has 0 spiro atoms. The van der Waals surface area contributed by atoms with E-state index in [0.717, 1.165) is 96.3 Å². The van der Waals surface area contributed by atoms with Crippen LogP contribution >= 0.6 is 0 Å². The summed E-state index contributed by atoms with van der Waals surface area (Å²) >= 11 is 0. The zero-order valence-electron chi connectivity index (χ0n) is 51.2. The number of allylic oxidation sites excluding steroid dienone is 12. The minimum atomic E-state index is -0.771. The molecule has 1 atom stereocenters. The lowest BCUT2D eigenvalue weighted by Gasteiger charge is -2.18. The smallest absolute Gasteiger partial charge is 0.306 e. The Labute approximate surface area is 478 Å². The number of hydrogen-bond donors (Lipinski definition) is 0. The fraction of sp³-hybridized carbons (Fsp3) is 0.789. The van der Waals surface area contributed by atoms with Crippen LogP contribution in [0.5, 0.6) is 0 Å². The summed E-state index contributed by atoms with van der Waals surface area (Å²) in [6, 6.07) is 0. The molecule has 0 rings (SSSR count). The first-order valence-electron chi connectivity index (χ1n) is 33.4. The SMILES string of the molecule is CC/C=C\C/C=C\C/C=C\C/C=C\CCCCCCCCCCCCCCCCCCCCCCCCC(=O)OCC(COC(=O)CCCCCCC)OC(=O)CCCCCCCCCCC/C=C\C/C=C\CCCCC. The van der Waals surface area contributed by atoms with Crippen molar-refractivity contribution in [2.24, 2.45) is 0 Å². The lowest BCUT2D eigenvalue weighted by Crippen LogP contribution is -2.30. The molecule has 0 fully saturated rings. The highest BCUT2D eigenvalue weighted by Crippen LogP contribution is 2.18. The second kappa shape index (κ2) is 65.4. The molecular weight excluding hydrogens is 949 g/mol. The summed E-state index contributed by atoms with van der Waals surface area (Å²) < 4.78 is 16.8. The van der Waals surface area contributed by atoms with E-state index in [2.05, 4.69) is 93.7 Å². The van der Waals surface area contributed by atoms with Gasteiger partial charge in [-0.15, -0.1) is 0 Å². The van der Waals surface area contributed by atoms with Crippen LogP contribution in [0.1, 0.15) is 342 Å². The summed E-state index contributed by atoms with van der Waals surface area (Å²) in [5.41, 5.74) is 0. The van der Waals surface area contributed by atoms with E-state index in [0.29, 0.717) is 19.3 Å². The third-order valence-electron chi connectivity index (χ3n) is 14.7. The van der Waals surface area contributed by atoms with Crippen LogP contribution < -0.4 is 0 Å². The highest BCUT2D eigenvalue weighted by Gasteiger charge is 2.19. The van der Waals surface area contributed by atoms with E-state index in [1.165, 1.54) is 205 Å². The lowest BCUT2D eigenvalue weighted by atomic mass is 10.0. The van der Waals surface area contributed by atoms with E-state index >= 15 is 0 Å². The highest BCUT2D eigenvalue weighted by atomic mass is 16.6. The number of ether oxygens (including phenoxy) is 3. The third-order valence-corrected chi connectivity index (χ3v) is 14.7. The van der Waals surface area contributed by atoms with Gasteiger partial charge >= 0.3 is 17.9 Å². The highest BCUT2D eigenvalue weighted by molar-refractivity contribution is 5.71. The number of unbranched alkanes of at least 4 members (excludes halogenated alkanes) is 38. The molecule has 0 saturated carbocycles. The van der Waals surface area contributed by atoms with Crippen molar-refractivity contribution in [3.05, 3.63) is 72.9 Å². The summed E-state index contributed by atoms with van der Waals surface area (Å²) in [6.07, 6.45) is 85.6. The fourth-order valence-corrected chi connectivity index (χ4v) is 9.70. The van der Waals surface area contributed by atoms with E-state index < -0.39 is 6.10 Å². The molecule has 0 aromatic heterocycles. The molecule has 0 radical (unpaired) electrons. The fourth-order valence-electron chi connectivity index (χ4n) is 9.70. The normalized spacial score (nSPS) is 12.5. The summed E-state index contributed by atoms with van der Waals surface area (Å²) in [5.74, 6) is -0.874. The van der Waals surface area contributed by atoms with E-state index in [-0.39, 0.29) is 31.1 Å². The molecule has 1 unspecified atom stereocenters. The van der Waals surface area contributed by atoms with Gasteiger partial charge in [0.05, 0.1) is 0 Å². The van der Waals surface area contributed by atoms with E-state index in [1.54, 1.807) is 0 Å². The van der Waals surface area contributed by atoms with Crippen molar-refractivity contribution >= 4 is 17.9 Å². The van der Waals surface area contributed by atoms with Gasteiger partial charge < -0.3 is 14.2 Å². The maximum absolute atomic E-state index is 12.8. The van der Waals surface area contributed by atoms with E-state index in [9.17, 15) is 14.4 Å². The third kappa shape index (κ3) is 63.6. The molecule has 0 aromatic carbocycles. The molecule has 77 heavy (non-hydrogen) atoms. The number of esters is 3. The summed E-state index contributed by atoms with van der Waals surface area (Å²) in [7, 11) is 0. The van der Waals surface area contributed by atoms with E-state index in [1.807, 2.05) is 0 Å².